The number of aromatic hydroxyl groups is 1. The first-order chi connectivity index (χ1) is 11.3. The van der Waals surface area contributed by atoms with Crippen LogP contribution in [0, 0.1) is 11.3 Å². The summed E-state index contributed by atoms with van der Waals surface area (Å²) in [4.78, 5) is 0. The predicted octanol–water partition coefficient (Wildman–Crippen LogP) is 3.31. The molecule has 2 N–H and O–H groups in total. The van der Waals surface area contributed by atoms with Gasteiger partial charge in [0.25, 0.3) is 0 Å². The molecule has 0 saturated carbocycles. The molecule has 3 aromatic rings. The average Bonchev–Trinajstić information content (AvgIpc) is 3.00. The van der Waals surface area contributed by atoms with Crippen LogP contribution in [0.1, 0.15) is 29.3 Å². The fourth-order valence-corrected chi connectivity index (χ4v) is 3.24. The average molecular weight is 302 g/mol. The third-order valence-electron chi connectivity index (χ3n) is 4.34. The van der Waals surface area contributed by atoms with Crippen molar-refractivity contribution in [3.63, 3.8) is 0 Å². The molecule has 0 unspecified atom stereocenters. The van der Waals surface area contributed by atoms with Gasteiger partial charge in [-0.2, -0.15) is 5.26 Å². The van der Waals surface area contributed by atoms with E-state index in [1.54, 1.807) is 6.07 Å². The van der Waals surface area contributed by atoms with Crippen molar-refractivity contribution in [3.8, 4) is 11.8 Å². The largest absolute Gasteiger partial charge is 0.508 e. The SMILES string of the molecule is N#Cc1nnc2ccccc2c1N[C@@H]1CCc2c(O)cccc21. The Labute approximate surface area is 133 Å². The van der Waals surface area contributed by atoms with Crippen LogP contribution in [0.3, 0.4) is 0 Å². The maximum Gasteiger partial charge on any atom is 0.186 e. The molecule has 4 rings (SSSR count). The second kappa shape index (κ2) is 5.25. The van der Waals surface area contributed by atoms with E-state index in [4.69, 9.17) is 0 Å². The Morgan fingerprint density at radius 2 is 2.00 bits per heavy atom. The Balaban J connectivity index is 1.81. The van der Waals surface area contributed by atoms with E-state index < -0.39 is 0 Å². The van der Waals surface area contributed by atoms with E-state index in [2.05, 4.69) is 21.6 Å². The van der Waals surface area contributed by atoms with Crippen LogP contribution in [0.25, 0.3) is 10.9 Å². The highest BCUT2D eigenvalue weighted by Crippen LogP contribution is 2.39. The van der Waals surface area contributed by atoms with E-state index in [1.165, 1.54) is 0 Å². The van der Waals surface area contributed by atoms with Crippen molar-refractivity contribution in [1.82, 2.24) is 10.2 Å². The summed E-state index contributed by atoms with van der Waals surface area (Å²) in [7, 11) is 0. The topological polar surface area (TPSA) is 81.8 Å². The van der Waals surface area contributed by atoms with Crippen LogP contribution in [-0.2, 0) is 6.42 Å². The number of aromatic nitrogens is 2. The first kappa shape index (κ1) is 13.5. The van der Waals surface area contributed by atoms with Gasteiger partial charge in [0.2, 0.25) is 0 Å². The van der Waals surface area contributed by atoms with E-state index in [0.717, 1.165) is 34.9 Å². The molecule has 23 heavy (non-hydrogen) atoms. The Hall–Kier alpha value is -3.13. The molecule has 5 nitrogen and oxygen atoms in total. The van der Waals surface area contributed by atoms with Crippen LogP contribution < -0.4 is 5.32 Å². The van der Waals surface area contributed by atoms with E-state index in [9.17, 15) is 10.4 Å². The number of hydrogen-bond acceptors (Lipinski definition) is 5. The summed E-state index contributed by atoms with van der Waals surface area (Å²) in [6.07, 6.45) is 1.69. The molecule has 1 aliphatic carbocycles. The van der Waals surface area contributed by atoms with Crippen molar-refractivity contribution < 1.29 is 5.11 Å². The molecule has 0 fully saturated rings. The first-order valence-electron chi connectivity index (χ1n) is 7.50. The van der Waals surface area contributed by atoms with Crippen molar-refractivity contribution in [2.45, 2.75) is 18.9 Å². The standard InChI is InChI=1S/C18H14N4O/c19-10-16-18(13-4-1-2-6-15(13)21-22-16)20-14-9-8-12-11(14)5-3-7-17(12)23/h1-7,14,23H,8-9H2,(H,20,21)/t14-/m1/s1. The minimum absolute atomic E-state index is 0.0526. The Kier molecular flexibility index (Phi) is 3.09. The summed E-state index contributed by atoms with van der Waals surface area (Å²) in [6, 6.07) is 15.4. The van der Waals surface area contributed by atoms with Gasteiger partial charge >= 0.3 is 0 Å². The lowest BCUT2D eigenvalue weighted by molar-refractivity contribution is 0.469. The van der Waals surface area contributed by atoms with Crippen molar-refractivity contribution in [1.29, 1.82) is 5.26 Å². The van der Waals surface area contributed by atoms with Crippen molar-refractivity contribution >= 4 is 16.6 Å². The molecule has 0 spiro atoms. The van der Waals surface area contributed by atoms with Gasteiger partial charge in [-0.3, -0.25) is 0 Å². The summed E-state index contributed by atoms with van der Waals surface area (Å²) < 4.78 is 0. The minimum atomic E-state index is 0.0526. The molecule has 2 aromatic carbocycles. The lowest BCUT2D eigenvalue weighted by Gasteiger charge is -2.17. The predicted molar refractivity (Wildman–Crippen MR) is 87.0 cm³/mol. The van der Waals surface area contributed by atoms with Crippen LogP contribution in [0.2, 0.25) is 0 Å². The lowest BCUT2D eigenvalue weighted by atomic mass is 10.1. The zero-order valence-electron chi connectivity index (χ0n) is 12.3. The second-order valence-corrected chi connectivity index (χ2v) is 5.63. The fraction of sp³-hybridized carbons (Fsp3) is 0.167. The highest BCUT2D eigenvalue weighted by molar-refractivity contribution is 5.93. The van der Waals surface area contributed by atoms with E-state index in [-0.39, 0.29) is 11.7 Å². The zero-order valence-corrected chi connectivity index (χ0v) is 12.3. The van der Waals surface area contributed by atoms with E-state index in [1.807, 2.05) is 36.4 Å². The number of nitrogens with one attached hydrogen (secondary N) is 1. The molecule has 112 valence electrons. The molecule has 1 heterocycles. The summed E-state index contributed by atoms with van der Waals surface area (Å²) >= 11 is 0. The number of nitriles is 1. The van der Waals surface area contributed by atoms with Crippen molar-refractivity contribution in [2.24, 2.45) is 0 Å². The monoisotopic (exact) mass is 302 g/mol. The van der Waals surface area contributed by atoms with Gasteiger partial charge in [-0.05, 0) is 36.1 Å². The number of fused-ring (bicyclic) bond motifs is 2. The first-order valence-corrected chi connectivity index (χ1v) is 7.50. The third kappa shape index (κ3) is 2.16. The summed E-state index contributed by atoms with van der Waals surface area (Å²) in [6.45, 7) is 0. The van der Waals surface area contributed by atoms with Gasteiger partial charge < -0.3 is 10.4 Å². The number of hydrogen-bond donors (Lipinski definition) is 2. The Bertz CT molecular complexity index is 945. The maximum absolute atomic E-state index is 9.99. The quantitative estimate of drug-likeness (QED) is 0.759. The number of rotatable bonds is 2. The van der Waals surface area contributed by atoms with Crippen LogP contribution in [-0.4, -0.2) is 15.3 Å². The number of anilines is 1. The normalized spacial score (nSPS) is 16.0. The smallest absolute Gasteiger partial charge is 0.186 e. The molecule has 5 heteroatoms. The number of phenolic OH excluding ortho intramolecular Hbond substituents is 1. The Morgan fingerprint density at radius 1 is 1.13 bits per heavy atom. The maximum atomic E-state index is 9.99. The molecule has 0 saturated heterocycles. The summed E-state index contributed by atoms with van der Waals surface area (Å²) in [5.41, 5.74) is 3.81. The molecule has 0 radical (unpaired) electrons. The van der Waals surface area contributed by atoms with Gasteiger partial charge in [0.15, 0.2) is 5.69 Å². The highest BCUT2D eigenvalue weighted by atomic mass is 16.3. The van der Waals surface area contributed by atoms with Crippen LogP contribution in [0.5, 0.6) is 5.75 Å². The third-order valence-corrected chi connectivity index (χ3v) is 4.34. The van der Waals surface area contributed by atoms with Gasteiger partial charge in [-0.15, -0.1) is 10.2 Å². The molecule has 0 aliphatic heterocycles. The molecular formula is C18H14N4O. The molecule has 0 amide bonds. The molecule has 1 atom stereocenters. The van der Waals surface area contributed by atoms with Gasteiger partial charge in [-0.25, -0.2) is 0 Å². The number of phenols is 1. The highest BCUT2D eigenvalue weighted by Gasteiger charge is 2.26. The number of nitrogens with zero attached hydrogens (tertiary/aromatic N) is 3. The fourth-order valence-electron chi connectivity index (χ4n) is 3.24. The van der Waals surface area contributed by atoms with Gasteiger partial charge in [-0.1, -0.05) is 30.3 Å². The van der Waals surface area contributed by atoms with E-state index in [0.29, 0.717) is 11.4 Å². The summed E-state index contributed by atoms with van der Waals surface area (Å²) in [5, 5.41) is 31.8. The Morgan fingerprint density at radius 3 is 2.87 bits per heavy atom. The lowest BCUT2D eigenvalue weighted by Crippen LogP contribution is -2.10. The van der Waals surface area contributed by atoms with Crippen molar-refractivity contribution in [2.75, 3.05) is 5.32 Å². The van der Waals surface area contributed by atoms with Gasteiger partial charge in [0.1, 0.15) is 11.8 Å². The minimum Gasteiger partial charge on any atom is -0.508 e. The molecule has 1 aliphatic rings. The molecule has 0 bridgehead atoms. The molecular weight excluding hydrogens is 288 g/mol. The van der Waals surface area contributed by atoms with Gasteiger partial charge in [0, 0.05) is 5.39 Å². The number of benzene rings is 2. The van der Waals surface area contributed by atoms with Crippen LogP contribution >= 0.6 is 0 Å². The van der Waals surface area contributed by atoms with Crippen LogP contribution in [0.4, 0.5) is 5.69 Å². The zero-order chi connectivity index (χ0) is 15.8. The molecule has 1 aromatic heterocycles. The van der Waals surface area contributed by atoms with Crippen molar-refractivity contribution in [3.05, 3.63) is 59.3 Å². The van der Waals surface area contributed by atoms with Crippen LogP contribution in [0.15, 0.2) is 42.5 Å². The van der Waals surface area contributed by atoms with Gasteiger partial charge in [0.05, 0.1) is 17.2 Å². The second-order valence-electron chi connectivity index (χ2n) is 5.63. The summed E-state index contributed by atoms with van der Waals surface area (Å²) in [5.74, 6) is 0.338. The van der Waals surface area contributed by atoms with E-state index >= 15 is 0 Å².